The molecule has 2 aromatic carbocycles. The molecular formula is C20H26N2O4S. The van der Waals surface area contributed by atoms with E-state index in [9.17, 15) is 13.2 Å². The number of benzene rings is 2. The highest BCUT2D eigenvalue weighted by Crippen LogP contribution is 2.20. The highest BCUT2D eigenvalue weighted by molar-refractivity contribution is 7.89. The van der Waals surface area contributed by atoms with E-state index in [1.54, 1.807) is 19.1 Å². The van der Waals surface area contributed by atoms with E-state index in [4.69, 9.17) is 4.74 Å². The van der Waals surface area contributed by atoms with Gasteiger partial charge in [-0.3, -0.25) is 4.79 Å². The highest BCUT2D eigenvalue weighted by Gasteiger charge is 2.17. The fraction of sp³-hybridized carbons (Fsp3) is 0.350. The Hall–Kier alpha value is -2.22. The van der Waals surface area contributed by atoms with Crippen LogP contribution in [-0.2, 0) is 19.6 Å². The third-order valence-corrected chi connectivity index (χ3v) is 5.69. The number of carbonyl (C=O) groups is 1. The molecule has 0 saturated heterocycles. The maximum Gasteiger partial charge on any atom is 0.240 e. The summed E-state index contributed by atoms with van der Waals surface area (Å²) in [6.07, 6.45) is 0.347. The fourth-order valence-electron chi connectivity index (χ4n) is 2.72. The van der Waals surface area contributed by atoms with Crippen molar-refractivity contribution in [3.63, 3.8) is 0 Å². The largest absolute Gasteiger partial charge is 0.383 e. The van der Waals surface area contributed by atoms with Gasteiger partial charge in [-0.15, -0.1) is 0 Å². The summed E-state index contributed by atoms with van der Waals surface area (Å²) in [6, 6.07) is 15.6. The third-order valence-electron chi connectivity index (χ3n) is 4.08. The van der Waals surface area contributed by atoms with Crippen LogP contribution in [0.25, 0.3) is 0 Å². The first kappa shape index (κ1) is 21.1. The molecule has 2 N–H and O–H groups in total. The van der Waals surface area contributed by atoms with Gasteiger partial charge in [0.25, 0.3) is 0 Å². The molecule has 0 aliphatic rings. The number of amides is 1. The molecule has 0 fully saturated rings. The van der Waals surface area contributed by atoms with Gasteiger partial charge in [0.15, 0.2) is 0 Å². The molecule has 0 spiro atoms. The van der Waals surface area contributed by atoms with Gasteiger partial charge in [0.1, 0.15) is 0 Å². The lowest BCUT2D eigenvalue weighted by Crippen LogP contribution is -2.35. The number of anilines is 1. The first-order chi connectivity index (χ1) is 12.8. The Labute approximate surface area is 161 Å². The van der Waals surface area contributed by atoms with Crippen molar-refractivity contribution in [2.75, 3.05) is 19.0 Å². The number of sulfonamides is 1. The van der Waals surface area contributed by atoms with Crippen molar-refractivity contribution < 1.29 is 17.9 Å². The molecule has 1 amide bonds. The Morgan fingerprint density at radius 1 is 1.04 bits per heavy atom. The summed E-state index contributed by atoms with van der Waals surface area (Å²) in [5.74, 6) is -0.0221. The van der Waals surface area contributed by atoms with Crippen molar-refractivity contribution in [3.05, 3.63) is 60.2 Å². The Morgan fingerprint density at radius 3 is 2.26 bits per heavy atom. The first-order valence-corrected chi connectivity index (χ1v) is 10.3. The van der Waals surface area contributed by atoms with Crippen LogP contribution < -0.4 is 10.0 Å². The molecule has 0 heterocycles. The predicted molar refractivity (Wildman–Crippen MR) is 106 cm³/mol. The second-order valence-corrected chi connectivity index (χ2v) is 8.28. The lowest BCUT2D eigenvalue weighted by molar-refractivity contribution is -0.116. The van der Waals surface area contributed by atoms with E-state index in [2.05, 4.69) is 10.0 Å². The van der Waals surface area contributed by atoms with Crippen LogP contribution in [0.15, 0.2) is 59.5 Å². The number of hydrogen-bond donors (Lipinski definition) is 2. The van der Waals surface area contributed by atoms with Crippen LogP contribution in [0.4, 0.5) is 5.69 Å². The molecular weight excluding hydrogens is 364 g/mol. The molecule has 2 aromatic rings. The van der Waals surface area contributed by atoms with Gasteiger partial charge in [0.2, 0.25) is 15.9 Å². The van der Waals surface area contributed by atoms with Crippen molar-refractivity contribution >= 4 is 21.6 Å². The van der Waals surface area contributed by atoms with Crippen LogP contribution in [0, 0.1) is 0 Å². The van der Waals surface area contributed by atoms with Gasteiger partial charge in [-0.05, 0) is 42.7 Å². The molecule has 0 bridgehead atoms. The summed E-state index contributed by atoms with van der Waals surface area (Å²) < 4.78 is 32.1. The quantitative estimate of drug-likeness (QED) is 0.689. The molecule has 146 valence electrons. The van der Waals surface area contributed by atoms with Crippen LogP contribution in [0.1, 0.15) is 31.7 Å². The van der Waals surface area contributed by atoms with Crippen molar-refractivity contribution in [2.24, 2.45) is 0 Å². The smallest absolute Gasteiger partial charge is 0.240 e. The summed E-state index contributed by atoms with van der Waals surface area (Å²) in [4.78, 5) is 12.4. The van der Waals surface area contributed by atoms with Gasteiger partial charge < -0.3 is 10.1 Å². The standard InChI is InChI=1S/C20H26N2O4S/c1-15(17-7-5-4-6-8-17)13-20(23)21-18-9-11-19(12-10-18)27(24,25)22-16(2)14-26-3/h4-12,15-16,22H,13-14H2,1-3H3,(H,21,23). The molecule has 0 radical (unpaired) electrons. The topological polar surface area (TPSA) is 84.5 Å². The van der Waals surface area contributed by atoms with Crippen LogP contribution in [-0.4, -0.2) is 34.1 Å². The molecule has 7 heteroatoms. The first-order valence-electron chi connectivity index (χ1n) is 8.78. The van der Waals surface area contributed by atoms with Crippen LogP contribution in [0.2, 0.25) is 0 Å². The molecule has 0 aromatic heterocycles. The molecule has 2 rings (SSSR count). The monoisotopic (exact) mass is 390 g/mol. The summed E-state index contributed by atoms with van der Waals surface area (Å²) >= 11 is 0. The minimum absolute atomic E-state index is 0.0947. The van der Waals surface area contributed by atoms with E-state index in [1.807, 2.05) is 37.3 Å². The fourth-order valence-corrected chi connectivity index (χ4v) is 3.95. The number of rotatable bonds is 9. The van der Waals surface area contributed by atoms with Crippen LogP contribution in [0.3, 0.4) is 0 Å². The van der Waals surface area contributed by atoms with Gasteiger partial charge in [0, 0.05) is 25.3 Å². The van der Waals surface area contributed by atoms with Crippen molar-refractivity contribution in [1.29, 1.82) is 0 Å². The zero-order valence-corrected chi connectivity index (χ0v) is 16.6. The third kappa shape index (κ3) is 6.46. The molecule has 0 saturated carbocycles. The Kier molecular flexibility index (Phi) is 7.53. The Morgan fingerprint density at radius 2 is 1.67 bits per heavy atom. The van der Waals surface area contributed by atoms with Crippen molar-refractivity contribution in [3.8, 4) is 0 Å². The van der Waals surface area contributed by atoms with E-state index < -0.39 is 10.0 Å². The summed E-state index contributed by atoms with van der Waals surface area (Å²) in [7, 11) is -2.11. The SMILES string of the molecule is COCC(C)NS(=O)(=O)c1ccc(NC(=O)CC(C)c2ccccc2)cc1. The van der Waals surface area contributed by atoms with Crippen molar-refractivity contribution in [1.82, 2.24) is 4.72 Å². The van der Waals surface area contributed by atoms with E-state index in [-0.39, 0.29) is 29.4 Å². The maximum absolute atomic E-state index is 12.3. The lowest BCUT2D eigenvalue weighted by atomic mass is 9.97. The average Bonchev–Trinajstić information content (AvgIpc) is 2.62. The molecule has 2 unspecified atom stereocenters. The van der Waals surface area contributed by atoms with E-state index in [1.165, 1.54) is 19.2 Å². The van der Waals surface area contributed by atoms with E-state index in [0.29, 0.717) is 12.1 Å². The number of nitrogens with one attached hydrogen (secondary N) is 2. The van der Waals surface area contributed by atoms with Gasteiger partial charge in [-0.2, -0.15) is 0 Å². The predicted octanol–water partition coefficient (Wildman–Crippen LogP) is 3.13. The second kappa shape index (κ2) is 9.64. The highest BCUT2D eigenvalue weighted by atomic mass is 32.2. The molecule has 27 heavy (non-hydrogen) atoms. The van der Waals surface area contributed by atoms with Crippen LogP contribution >= 0.6 is 0 Å². The lowest BCUT2D eigenvalue weighted by Gasteiger charge is -2.14. The average molecular weight is 391 g/mol. The molecule has 2 atom stereocenters. The Balaban J connectivity index is 1.96. The minimum atomic E-state index is -3.62. The summed E-state index contributed by atoms with van der Waals surface area (Å²) in [5.41, 5.74) is 1.66. The van der Waals surface area contributed by atoms with E-state index in [0.717, 1.165) is 5.56 Å². The van der Waals surface area contributed by atoms with Gasteiger partial charge in [-0.1, -0.05) is 37.3 Å². The molecule has 0 aliphatic heterocycles. The van der Waals surface area contributed by atoms with Crippen molar-refractivity contribution in [2.45, 2.75) is 37.1 Å². The van der Waals surface area contributed by atoms with Gasteiger partial charge in [-0.25, -0.2) is 13.1 Å². The summed E-state index contributed by atoms with van der Waals surface area (Å²) in [6.45, 7) is 4.01. The number of carbonyl (C=O) groups excluding carboxylic acids is 1. The summed E-state index contributed by atoms with van der Waals surface area (Å²) in [5, 5.41) is 2.81. The second-order valence-electron chi connectivity index (χ2n) is 6.57. The molecule has 6 nitrogen and oxygen atoms in total. The van der Waals surface area contributed by atoms with Crippen LogP contribution in [0.5, 0.6) is 0 Å². The number of hydrogen-bond acceptors (Lipinski definition) is 4. The maximum atomic E-state index is 12.3. The number of methoxy groups -OCH3 is 1. The number of ether oxygens (including phenoxy) is 1. The zero-order valence-electron chi connectivity index (χ0n) is 15.8. The zero-order chi connectivity index (χ0) is 19.9. The van der Waals surface area contributed by atoms with E-state index >= 15 is 0 Å². The molecule has 0 aliphatic carbocycles. The normalized spacial score (nSPS) is 13.7. The van der Waals surface area contributed by atoms with Gasteiger partial charge in [0.05, 0.1) is 11.5 Å². The van der Waals surface area contributed by atoms with Gasteiger partial charge >= 0.3 is 0 Å². The minimum Gasteiger partial charge on any atom is -0.383 e. The Bertz CT molecular complexity index is 836.